The maximum absolute atomic E-state index is 12.7. The largest absolute Gasteiger partial charge is 0.497 e. The number of guanidine groups is 1. The van der Waals surface area contributed by atoms with E-state index < -0.39 is 6.61 Å². The van der Waals surface area contributed by atoms with Crippen molar-refractivity contribution in [2.45, 2.75) is 26.6 Å². The van der Waals surface area contributed by atoms with Gasteiger partial charge in [0.05, 0.1) is 13.7 Å². The quantitative estimate of drug-likeness (QED) is 0.304. The van der Waals surface area contributed by atoms with Crippen LogP contribution in [-0.4, -0.2) is 33.0 Å². The van der Waals surface area contributed by atoms with E-state index in [-0.39, 0.29) is 43.1 Å². The summed E-state index contributed by atoms with van der Waals surface area (Å²) in [5.41, 5.74) is 1.48. The highest BCUT2D eigenvalue weighted by Gasteiger charge is 2.14. The summed E-state index contributed by atoms with van der Waals surface area (Å²) in [6.45, 7) is 0.530. The van der Waals surface area contributed by atoms with Crippen molar-refractivity contribution in [1.82, 2.24) is 10.6 Å². The number of alkyl halides is 2. The normalized spacial score (nSPS) is 12.4. The van der Waals surface area contributed by atoms with Crippen LogP contribution in [0.1, 0.15) is 18.1 Å². The molecule has 7 nitrogen and oxygen atoms in total. The van der Waals surface area contributed by atoms with E-state index in [1.165, 1.54) is 13.2 Å². The van der Waals surface area contributed by atoms with Crippen LogP contribution in [-0.2, 0) is 13.1 Å². The summed E-state index contributed by atoms with van der Waals surface area (Å²) in [6, 6.07) is 10.3. The molecule has 30 heavy (non-hydrogen) atoms. The zero-order chi connectivity index (χ0) is 20.6. The fraction of sp³-hybridized carbons (Fsp3) is 0.350. The molecule has 0 amide bonds. The molecule has 10 heteroatoms. The van der Waals surface area contributed by atoms with E-state index in [1.807, 2.05) is 25.1 Å². The number of ether oxygens (including phenoxy) is 4. The minimum Gasteiger partial charge on any atom is -0.497 e. The molecule has 2 N–H and O–H groups in total. The Balaban J connectivity index is 0.00000320. The van der Waals surface area contributed by atoms with E-state index in [2.05, 4.69) is 20.4 Å². The average molecular weight is 535 g/mol. The van der Waals surface area contributed by atoms with Crippen LogP contribution in [0.15, 0.2) is 41.4 Å². The number of fused-ring (bicyclic) bond motifs is 1. The second-order valence-electron chi connectivity index (χ2n) is 6.09. The molecule has 0 saturated carbocycles. The van der Waals surface area contributed by atoms with Gasteiger partial charge in [-0.25, -0.2) is 4.99 Å². The van der Waals surface area contributed by atoms with Crippen molar-refractivity contribution in [2.75, 3.05) is 20.4 Å². The molecule has 0 aliphatic carbocycles. The summed E-state index contributed by atoms with van der Waals surface area (Å²) in [5, 5.41) is 6.25. The highest BCUT2D eigenvalue weighted by molar-refractivity contribution is 14.0. The van der Waals surface area contributed by atoms with Crippen molar-refractivity contribution >= 4 is 29.9 Å². The minimum absolute atomic E-state index is 0. The first-order valence-electron chi connectivity index (χ1n) is 9.11. The van der Waals surface area contributed by atoms with Gasteiger partial charge in [-0.3, -0.25) is 0 Å². The standard InChI is InChI=1S/C20H23F2N3O4.HI/c1-3-23-20(24-10-13-4-6-17-18(8-13)28-12-27-17)25-11-14-9-15(26-2)5-7-16(14)29-19(21)22;/h4-9,19H,3,10-12H2,1-2H3,(H2,23,24,25);1H. The molecule has 1 aliphatic rings. The molecule has 0 saturated heterocycles. The summed E-state index contributed by atoms with van der Waals surface area (Å²) in [7, 11) is 1.51. The Morgan fingerprint density at radius 2 is 1.93 bits per heavy atom. The van der Waals surface area contributed by atoms with Gasteiger partial charge < -0.3 is 29.6 Å². The van der Waals surface area contributed by atoms with Gasteiger partial charge in [0.2, 0.25) is 6.79 Å². The number of benzene rings is 2. The number of hydrogen-bond acceptors (Lipinski definition) is 5. The van der Waals surface area contributed by atoms with Gasteiger partial charge >= 0.3 is 6.61 Å². The number of methoxy groups -OCH3 is 1. The van der Waals surface area contributed by atoms with Crippen LogP contribution < -0.4 is 29.6 Å². The number of aliphatic imine (C=N–C) groups is 1. The lowest BCUT2D eigenvalue weighted by Gasteiger charge is -2.15. The highest BCUT2D eigenvalue weighted by Crippen LogP contribution is 2.32. The monoisotopic (exact) mass is 535 g/mol. The summed E-state index contributed by atoms with van der Waals surface area (Å²) in [5.74, 6) is 2.58. The fourth-order valence-electron chi connectivity index (χ4n) is 2.76. The number of rotatable bonds is 8. The first kappa shape index (κ1) is 23.8. The molecule has 2 aromatic carbocycles. The third-order valence-electron chi connectivity index (χ3n) is 4.13. The third-order valence-corrected chi connectivity index (χ3v) is 4.13. The molecule has 0 atom stereocenters. The summed E-state index contributed by atoms with van der Waals surface area (Å²) in [4.78, 5) is 4.54. The summed E-state index contributed by atoms with van der Waals surface area (Å²) in [6.07, 6.45) is 0. The molecule has 0 fully saturated rings. The molecule has 0 spiro atoms. The van der Waals surface area contributed by atoms with Gasteiger partial charge in [-0.15, -0.1) is 24.0 Å². The number of hydrogen-bond donors (Lipinski definition) is 2. The molecule has 0 unspecified atom stereocenters. The van der Waals surface area contributed by atoms with Crippen LogP contribution in [0.25, 0.3) is 0 Å². The lowest BCUT2D eigenvalue weighted by Crippen LogP contribution is -2.36. The zero-order valence-electron chi connectivity index (χ0n) is 16.6. The Morgan fingerprint density at radius 1 is 1.13 bits per heavy atom. The van der Waals surface area contributed by atoms with Crippen molar-refractivity contribution in [3.05, 3.63) is 47.5 Å². The predicted molar refractivity (Wildman–Crippen MR) is 119 cm³/mol. The summed E-state index contributed by atoms with van der Waals surface area (Å²) < 4.78 is 45.8. The summed E-state index contributed by atoms with van der Waals surface area (Å²) >= 11 is 0. The van der Waals surface area contributed by atoms with Gasteiger partial charge in [0.1, 0.15) is 11.5 Å². The van der Waals surface area contributed by atoms with Crippen LogP contribution in [0.3, 0.4) is 0 Å². The van der Waals surface area contributed by atoms with Crippen molar-refractivity contribution in [2.24, 2.45) is 4.99 Å². The Bertz CT molecular complexity index is 868. The second kappa shape index (κ2) is 11.6. The van der Waals surface area contributed by atoms with E-state index >= 15 is 0 Å². The maximum Gasteiger partial charge on any atom is 0.387 e. The maximum atomic E-state index is 12.7. The van der Waals surface area contributed by atoms with E-state index in [1.54, 1.807) is 12.1 Å². The SMILES string of the molecule is CCNC(=NCc1ccc2c(c1)OCO2)NCc1cc(OC)ccc1OC(F)F.I. The Labute approximate surface area is 190 Å². The lowest BCUT2D eigenvalue weighted by atomic mass is 10.2. The van der Waals surface area contributed by atoms with Gasteiger partial charge in [-0.2, -0.15) is 8.78 Å². The molecule has 0 radical (unpaired) electrons. The van der Waals surface area contributed by atoms with E-state index in [9.17, 15) is 8.78 Å². The zero-order valence-corrected chi connectivity index (χ0v) is 18.9. The molecule has 1 heterocycles. The van der Waals surface area contributed by atoms with E-state index in [0.29, 0.717) is 41.9 Å². The molecule has 1 aliphatic heterocycles. The second-order valence-corrected chi connectivity index (χ2v) is 6.09. The lowest BCUT2D eigenvalue weighted by molar-refractivity contribution is -0.0505. The van der Waals surface area contributed by atoms with Crippen LogP contribution in [0.5, 0.6) is 23.0 Å². The molecular weight excluding hydrogens is 511 g/mol. The fourth-order valence-corrected chi connectivity index (χ4v) is 2.76. The molecule has 3 rings (SSSR count). The van der Waals surface area contributed by atoms with Gasteiger partial charge in [0.25, 0.3) is 0 Å². The topological polar surface area (TPSA) is 73.3 Å². The molecule has 2 aromatic rings. The van der Waals surface area contributed by atoms with Gasteiger partial charge in [-0.1, -0.05) is 6.07 Å². The molecule has 0 aromatic heterocycles. The Kier molecular flexibility index (Phi) is 9.21. The van der Waals surface area contributed by atoms with Crippen molar-refractivity contribution in [3.8, 4) is 23.0 Å². The molecule has 164 valence electrons. The number of nitrogens with one attached hydrogen (secondary N) is 2. The minimum atomic E-state index is -2.91. The van der Waals surface area contributed by atoms with Crippen molar-refractivity contribution in [3.63, 3.8) is 0 Å². The number of halogens is 3. The van der Waals surface area contributed by atoms with Gasteiger partial charge in [-0.05, 0) is 42.8 Å². The Morgan fingerprint density at radius 3 is 2.67 bits per heavy atom. The van der Waals surface area contributed by atoms with Crippen molar-refractivity contribution < 1.29 is 27.7 Å². The Hall–Kier alpha value is -2.50. The molecular formula is C20H24F2IN3O4. The first-order valence-corrected chi connectivity index (χ1v) is 9.11. The van der Waals surface area contributed by atoms with Crippen LogP contribution in [0.2, 0.25) is 0 Å². The van der Waals surface area contributed by atoms with E-state index in [0.717, 1.165) is 5.56 Å². The third kappa shape index (κ3) is 6.51. The van der Waals surface area contributed by atoms with Crippen molar-refractivity contribution in [1.29, 1.82) is 0 Å². The molecule has 0 bridgehead atoms. The van der Waals surface area contributed by atoms with Crippen LogP contribution in [0, 0.1) is 0 Å². The number of nitrogens with zero attached hydrogens (tertiary/aromatic N) is 1. The average Bonchev–Trinajstić information content (AvgIpc) is 3.18. The first-order chi connectivity index (χ1) is 14.1. The van der Waals surface area contributed by atoms with Crippen LogP contribution in [0.4, 0.5) is 8.78 Å². The predicted octanol–water partition coefficient (Wildman–Crippen LogP) is 3.90. The van der Waals surface area contributed by atoms with E-state index in [4.69, 9.17) is 14.2 Å². The van der Waals surface area contributed by atoms with Crippen LogP contribution >= 0.6 is 24.0 Å². The van der Waals surface area contributed by atoms with Gasteiger partial charge in [0.15, 0.2) is 17.5 Å². The highest BCUT2D eigenvalue weighted by atomic mass is 127. The smallest absolute Gasteiger partial charge is 0.387 e. The van der Waals surface area contributed by atoms with Gasteiger partial charge in [0, 0.05) is 18.7 Å².